The molecule has 2 aromatic rings. The number of nitrogens with one attached hydrogen (secondary N) is 1. The Hall–Kier alpha value is -1.63. The third-order valence-corrected chi connectivity index (χ3v) is 3.67. The smallest absolute Gasteiger partial charge is 0.356 e. The Kier molecular flexibility index (Phi) is 3.60. The molecule has 0 aliphatic carbocycles. The first-order chi connectivity index (χ1) is 9.65. The topological polar surface area (TPSA) is 69.9 Å². The van der Waals surface area contributed by atoms with Crippen molar-refractivity contribution in [2.45, 2.75) is 6.54 Å². The Morgan fingerprint density at radius 3 is 2.85 bits per heavy atom. The Morgan fingerprint density at radius 1 is 1.40 bits per heavy atom. The van der Waals surface area contributed by atoms with E-state index in [0.717, 1.165) is 26.2 Å². The van der Waals surface area contributed by atoms with Crippen LogP contribution in [0.4, 0.5) is 0 Å². The Morgan fingerprint density at radius 2 is 2.15 bits per heavy atom. The number of fused-ring (bicyclic) bond motifs is 1. The van der Waals surface area contributed by atoms with Crippen LogP contribution in [-0.2, 0) is 6.54 Å². The molecular formula is C13H15ClN4O2. The molecule has 0 atom stereocenters. The van der Waals surface area contributed by atoms with E-state index in [9.17, 15) is 9.90 Å². The van der Waals surface area contributed by atoms with E-state index in [1.165, 1.54) is 0 Å². The molecule has 0 saturated carbocycles. The number of nitrogens with zero attached hydrogens (tertiary/aromatic N) is 3. The fourth-order valence-corrected chi connectivity index (χ4v) is 2.62. The Bertz CT molecular complexity index is 649. The molecule has 6 nitrogen and oxygen atoms in total. The lowest BCUT2D eigenvalue weighted by Gasteiger charge is -2.26. The van der Waals surface area contributed by atoms with E-state index >= 15 is 0 Å². The first-order valence-electron chi connectivity index (χ1n) is 6.48. The van der Waals surface area contributed by atoms with Crippen molar-refractivity contribution < 1.29 is 9.90 Å². The van der Waals surface area contributed by atoms with Gasteiger partial charge in [-0.15, -0.1) is 0 Å². The standard InChI is InChI=1S/C13H15ClN4O2/c14-9-1-2-10-12(13(19)20)16-11(18(10)7-9)8-17-5-3-15-4-6-17/h1-2,7,15H,3-6,8H2,(H,19,20). The van der Waals surface area contributed by atoms with Gasteiger partial charge in [0.15, 0.2) is 5.69 Å². The van der Waals surface area contributed by atoms with Gasteiger partial charge in [-0.1, -0.05) is 11.6 Å². The second-order valence-electron chi connectivity index (χ2n) is 4.81. The molecule has 0 aromatic carbocycles. The molecule has 2 aromatic heterocycles. The van der Waals surface area contributed by atoms with E-state index in [2.05, 4.69) is 15.2 Å². The monoisotopic (exact) mass is 294 g/mol. The summed E-state index contributed by atoms with van der Waals surface area (Å²) >= 11 is 6.00. The second kappa shape index (κ2) is 5.40. The van der Waals surface area contributed by atoms with Crippen molar-refractivity contribution in [1.29, 1.82) is 0 Å². The average Bonchev–Trinajstić information content (AvgIpc) is 2.78. The molecule has 1 aliphatic heterocycles. The number of hydrogen-bond acceptors (Lipinski definition) is 4. The summed E-state index contributed by atoms with van der Waals surface area (Å²) in [4.78, 5) is 17.8. The van der Waals surface area contributed by atoms with Crippen LogP contribution in [-0.4, -0.2) is 51.5 Å². The van der Waals surface area contributed by atoms with Crippen molar-refractivity contribution in [3.63, 3.8) is 0 Å². The van der Waals surface area contributed by atoms with E-state index in [4.69, 9.17) is 11.6 Å². The van der Waals surface area contributed by atoms with Crippen LogP contribution in [0.5, 0.6) is 0 Å². The molecular weight excluding hydrogens is 280 g/mol. The molecule has 3 heterocycles. The second-order valence-corrected chi connectivity index (χ2v) is 5.25. The summed E-state index contributed by atoms with van der Waals surface area (Å²) in [5, 5.41) is 13.1. The highest BCUT2D eigenvalue weighted by molar-refractivity contribution is 6.30. The van der Waals surface area contributed by atoms with Crippen LogP contribution in [0, 0.1) is 0 Å². The Labute approximate surface area is 121 Å². The summed E-state index contributed by atoms with van der Waals surface area (Å²) in [7, 11) is 0. The largest absolute Gasteiger partial charge is 0.476 e. The van der Waals surface area contributed by atoms with Gasteiger partial charge in [0, 0.05) is 32.4 Å². The molecule has 0 spiro atoms. The number of rotatable bonds is 3. The molecule has 0 amide bonds. The minimum absolute atomic E-state index is 0.0757. The van der Waals surface area contributed by atoms with Crippen molar-refractivity contribution in [2.75, 3.05) is 26.2 Å². The van der Waals surface area contributed by atoms with Crippen molar-refractivity contribution in [2.24, 2.45) is 0 Å². The van der Waals surface area contributed by atoms with E-state index in [1.807, 2.05) is 0 Å². The zero-order valence-corrected chi connectivity index (χ0v) is 11.6. The maximum Gasteiger partial charge on any atom is 0.356 e. The lowest BCUT2D eigenvalue weighted by Crippen LogP contribution is -2.43. The number of hydrogen-bond donors (Lipinski definition) is 2. The molecule has 2 N–H and O–H groups in total. The van der Waals surface area contributed by atoms with Gasteiger partial charge in [0.05, 0.1) is 17.1 Å². The van der Waals surface area contributed by atoms with Crippen molar-refractivity contribution in [3.05, 3.63) is 34.9 Å². The number of halogens is 1. The number of carboxylic acid groups (broad SMARTS) is 1. The van der Waals surface area contributed by atoms with Gasteiger partial charge in [0.25, 0.3) is 0 Å². The number of piperazine rings is 1. The van der Waals surface area contributed by atoms with E-state index in [0.29, 0.717) is 22.9 Å². The SMILES string of the molecule is O=C(O)c1nc(CN2CCNCC2)n2cc(Cl)ccc12. The van der Waals surface area contributed by atoms with Crippen LogP contribution in [0.15, 0.2) is 18.3 Å². The van der Waals surface area contributed by atoms with Gasteiger partial charge in [-0.2, -0.15) is 0 Å². The summed E-state index contributed by atoms with van der Waals surface area (Å²) in [5.41, 5.74) is 0.652. The fraction of sp³-hybridized carbons (Fsp3) is 0.385. The number of carbonyl (C=O) groups is 1. The highest BCUT2D eigenvalue weighted by Crippen LogP contribution is 2.18. The molecule has 1 fully saturated rings. The third-order valence-electron chi connectivity index (χ3n) is 3.45. The molecule has 7 heteroatoms. The summed E-state index contributed by atoms with van der Waals surface area (Å²) in [6.45, 7) is 4.36. The molecule has 0 bridgehead atoms. The van der Waals surface area contributed by atoms with Crippen molar-refractivity contribution >= 4 is 23.1 Å². The number of imidazole rings is 1. The van der Waals surface area contributed by atoms with Gasteiger partial charge in [-0.05, 0) is 12.1 Å². The third kappa shape index (κ3) is 2.49. The molecule has 1 saturated heterocycles. The van der Waals surface area contributed by atoms with Gasteiger partial charge in [-0.3, -0.25) is 4.90 Å². The lowest BCUT2D eigenvalue weighted by molar-refractivity contribution is 0.0693. The van der Waals surface area contributed by atoms with Crippen LogP contribution in [0.25, 0.3) is 5.52 Å². The van der Waals surface area contributed by atoms with Crippen molar-refractivity contribution in [3.8, 4) is 0 Å². The Balaban J connectivity index is 2.00. The lowest BCUT2D eigenvalue weighted by atomic mass is 10.3. The van der Waals surface area contributed by atoms with Crippen LogP contribution < -0.4 is 5.32 Å². The molecule has 106 valence electrons. The van der Waals surface area contributed by atoms with Gasteiger partial charge in [0.2, 0.25) is 0 Å². The highest BCUT2D eigenvalue weighted by atomic mass is 35.5. The summed E-state index contributed by atoms with van der Waals surface area (Å²) < 4.78 is 1.77. The van der Waals surface area contributed by atoms with E-state index < -0.39 is 5.97 Å². The van der Waals surface area contributed by atoms with Gasteiger partial charge in [-0.25, -0.2) is 9.78 Å². The van der Waals surface area contributed by atoms with Gasteiger partial charge < -0.3 is 14.8 Å². The summed E-state index contributed by atoms with van der Waals surface area (Å²) in [5.74, 6) is -0.307. The number of aromatic nitrogens is 2. The molecule has 3 rings (SSSR count). The van der Waals surface area contributed by atoms with E-state index in [1.54, 1.807) is 22.7 Å². The quantitative estimate of drug-likeness (QED) is 0.887. The van der Waals surface area contributed by atoms with Gasteiger partial charge in [0.1, 0.15) is 5.82 Å². The van der Waals surface area contributed by atoms with Crippen molar-refractivity contribution in [1.82, 2.24) is 19.6 Å². The predicted octanol–water partition coefficient (Wildman–Crippen LogP) is 1.09. The van der Waals surface area contributed by atoms with Crippen LogP contribution in [0.3, 0.4) is 0 Å². The van der Waals surface area contributed by atoms with Gasteiger partial charge >= 0.3 is 5.97 Å². The summed E-state index contributed by atoms with van der Waals surface area (Å²) in [6, 6.07) is 3.37. The van der Waals surface area contributed by atoms with Crippen LogP contribution in [0.2, 0.25) is 5.02 Å². The first-order valence-corrected chi connectivity index (χ1v) is 6.86. The molecule has 0 unspecified atom stereocenters. The van der Waals surface area contributed by atoms with Crippen LogP contribution >= 0.6 is 11.6 Å². The maximum absolute atomic E-state index is 11.3. The number of carboxylic acids is 1. The fourth-order valence-electron chi connectivity index (χ4n) is 2.46. The highest BCUT2D eigenvalue weighted by Gasteiger charge is 2.19. The zero-order chi connectivity index (χ0) is 14.1. The van der Waals surface area contributed by atoms with Crippen LogP contribution in [0.1, 0.15) is 16.3 Å². The maximum atomic E-state index is 11.3. The normalized spacial score (nSPS) is 16.6. The van der Waals surface area contributed by atoms with E-state index in [-0.39, 0.29) is 5.69 Å². The molecule has 1 aliphatic rings. The zero-order valence-electron chi connectivity index (χ0n) is 10.8. The summed E-state index contributed by atoms with van der Waals surface area (Å²) in [6.07, 6.45) is 1.72. The predicted molar refractivity (Wildman–Crippen MR) is 75.3 cm³/mol. The number of pyridine rings is 1. The molecule has 0 radical (unpaired) electrons. The minimum Gasteiger partial charge on any atom is -0.476 e. The number of aromatic carboxylic acids is 1. The average molecular weight is 295 g/mol. The minimum atomic E-state index is -1.02. The molecule has 20 heavy (non-hydrogen) atoms. The first kappa shape index (κ1) is 13.4.